The van der Waals surface area contributed by atoms with Gasteiger partial charge in [-0.3, -0.25) is 0 Å². The standard InChI is InChI=1S/C12H20N2O/c1-10-5-6-12-13-11(4-3-7-15-2)9-14(12)8-10/h9-10H,3-8H2,1-2H3. The van der Waals surface area contributed by atoms with Crippen LogP contribution in [0.4, 0.5) is 0 Å². The van der Waals surface area contributed by atoms with Crippen LogP contribution in [0, 0.1) is 5.92 Å². The second-order valence-corrected chi connectivity index (χ2v) is 4.54. The molecule has 1 aromatic rings. The van der Waals surface area contributed by atoms with Crippen molar-refractivity contribution < 1.29 is 4.74 Å². The van der Waals surface area contributed by atoms with Gasteiger partial charge in [0.25, 0.3) is 0 Å². The lowest BCUT2D eigenvalue weighted by molar-refractivity contribution is 0.195. The van der Waals surface area contributed by atoms with Gasteiger partial charge in [-0.15, -0.1) is 0 Å². The lowest BCUT2D eigenvalue weighted by atomic mass is 10.0. The Labute approximate surface area is 91.5 Å². The summed E-state index contributed by atoms with van der Waals surface area (Å²) >= 11 is 0. The summed E-state index contributed by atoms with van der Waals surface area (Å²) in [5.74, 6) is 2.08. The molecular formula is C12H20N2O. The molecule has 0 fully saturated rings. The minimum absolute atomic E-state index is 0.804. The van der Waals surface area contributed by atoms with Crippen LogP contribution in [0.5, 0.6) is 0 Å². The summed E-state index contributed by atoms with van der Waals surface area (Å²) in [6.45, 7) is 4.29. The van der Waals surface area contributed by atoms with Crippen molar-refractivity contribution in [3.63, 3.8) is 0 Å². The van der Waals surface area contributed by atoms with Gasteiger partial charge in [0.05, 0.1) is 5.69 Å². The highest BCUT2D eigenvalue weighted by molar-refractivity contribution is 5.06. The van der Waals surface area contributed by atoms with E-state index in [1.807, 2.05) is 0 Å². The molecule has 0 saturated carbocycles. The molecule has 0 spiro atoms. The zero-order valence-electron chi connectivity index (χ0n) is 9.70. The molecule has 1 atom stereocenters. The van der Waals surface area contributed by atoms with E-state index >= 15 is 0 Å². The van der Waals surface area contributed by atoms with Crippen LogP contribution >= 0.6 is 0 Å². The molecule has 3 nitrogen and oxygen atoms in total. The van der Waals surface area contributed by atoms with Gasteiger partial charge in [-0.05, 0) is 25.2 Å². The third-order valence-corrected chi connectivity index (χ3v) is 3.06. The van der Waals surface area contributed by atoms with Crippen molar-refractivity contribution in [3.05, 3.63) is 17.7 Å². The number of hydrogen-bond acceptors (Lipinski definition) is 2. The van der Waals surface area contributed by atoms with Crippen molar-refractivity contribution in [1.82, 2.24) is 9.55 Å². The third kappa shape index (κ3) is 2.59. The number of methoxy groups -OCH3 is 1. The van der Waals surface area contributed by atoms with Gasteiger partial charge in [0.2, 0.25) is 0 Å². The maximum absolute atomic E-state index is 5.05. The lowest BCUT2D eigenvalue weighted by Crippen LogP contribution is -2.17. The van der Waals surface area contributed by atoms with Gasteiger partial charge in [0.1, 0.15) is 5.82 Å². The van der Waals surface area contributed by atoms with Gasteiger partial charge < -0.3 is 9.30 Å². The van der Waals surface area contributed by atoms with E-state index in [4.69, 9.17) is 4.74 Å². The Morgan fingerprint density at radius 3 is 3.27 bits per heavy atom. The van der Waals surface area contributed by atoms with E-state index in [0.717, 1.165) is 38.3 Å². The molecule has 0 radical (unpaired) electrons. The Kier molecular flexibility index (Phi) is 3.41. The fourth-order valence-corrected chi connectivity index (χ4v) is 2.19. The molecule has 0 saturated heterocycles. The first kappa shape index (κ1) is 10.7. The Morgan fingerprint density at radius 1 is 1.60 bits per heavy atom. The number of nitrogens with zero attached hydrogens (tertiary/aromatic N) is 2. The number of aryl methyl sites for hydroxylation is 2. The van der Waals surface area contributed by atoms with Crippen LogP contribution in [-0.2, 0) is 24.1 Å². The molecule has 3 heteroatoms. The molecule has 1 aliphatic rings. The van der Waals surface area contributed by atoms with E-state index in [9.17, 15) is 0 Å². The Bertz CT molecular complexity index is 319. The minimum atomic E-state index is 0.804. The number of ether oxygens (including phenoxy) is 1. The fourth-order valence-electron chi connectivity index (χ4n) is 2.19. The molecule has 1 aliphatic heterocycles. The van der Waals surface area contributed by atoms with Crippen LogP contribution < -0.4 is 0 Å². The van der Waals surface area contributed by atoms with Crippen LogP contribution in [0.3, 0.4) is 0 Å². The van der Waals surface area contributed by atoms with Crippen LogP contribution in [0.1, 0.15) is 31.3 Å². The molecule has 0 bridgehead atoms. The first-order valence-corrected chi connectivity index (χ1v) is 5.83. The zero-order chi connectivity index (χ0) is 10.7. The van der Waals surface area contributed by atoms with E-state index in [1.54, 1.807) is 7.11 Å². The quantitative estimate of drug-likeness (QED) is 0.708. The summed E-state index contributed by atoms with van der Waals surface area (Å²) in [4.78, 5) is 4.66. The second kappa shape index (κ2) is 4.79. The molecule has 0 aliphatic carbocycles. The summed E-state index contributed by atoms with van der Waals surface area (Å²) in [5.41, 5.74) is 1.23. The topological polar surface area (TPSA) is 27.1 Å². The molecule has 84 valence electrons. The first-order chi connectivity index (χ1) is 7.29. The van der Waals surface area contributed by atoms with Gasteiger partial charge >= 0.3 is 0 Å². The summed E-state index contributed by atoms with van der Waals surface area (Å²) in [6, 6.07) is 0. The third-order valence-electron chi connectivity index (χ3n) is 3.06. The highest BCUT2D eigenvalue weighted by Crippen LogP contribution is 2.19. The number of rotatable bonds is 4. The Morgan fingerprint density at radius 2 is 2.47 bits per heavy atom. The van der Waals surface area contributed by atoms with Gasteiger partial charge in [0, 0.05) is 32.9 Å². The predicted molar refractivity (Wildman–Crippen MR) is 59.9 cm³/mol. The summed E-state index contributed by atoms with van der Waals surface area (Å²) < 4.78 is 7.38. The summed E-state index contributed by atoms with van der Waals surface area (Å²) in [5, 5.41) is 0. The smallest absolute Gasteiger partial charge is 0.108 e. The Hall–Kier alpha value is -0.830. The maximum Gasteiger partial charge on any atom is 0.108 e. The van der Waals surface area contributed by atoms with Gasteiger partial charge in [-0.2, -0.15) is 0 Å². The van der Waals surface area contributed by atoms with Crippen LogP contribution in [0.15, 0.2) is 6.20 Å². The largest absolute Gasteiger partial charge is 0.385 e. The monoisotopic (exact) mass is 208 g/mol. The van der Waals surface area contributed by atoms with E-state index in [-0.39, 0.29) is 0 Å². The molecule has 0 N–H and O–H groups in total. The highest BCUT2D eigenvalue weighted by atomic mass is 16.5. The Balaban J connectivity index is 1.96. The van der Waals surface area contributed by atoms with Gasteiger partial charge in [0.15, 0.2) is 0 Å². The molecule has 2 heterocycles. The minimum Gasteiger partial charge on any atom is -0.385 e. The molecule has 15 heavy (non-hydrogen) atoms. The fraction of sp³-hybridized carbons (Fsp3) is 0.750. The number of fused-ring (bicyclic) bond motifs is 1. The molecular weight excluding hydrogens is 188 g/mol. The number of aromatic nitrogens is 2. The molecule has 1 unspecified atom stereocenters. The van der Waals surface area contributed by atoms with Gasteiger partial charge in [-0.25, -0.2) is 4.98 Å². The van der Waals surface area contributed by atoms with Crippen LogP contribution in [-0.4, -0.2) is 23.3 Å². The normalized spacial score (nSPS) is 20.3. The van der Waals surface area contributed by atoms with Gasteiger partial charge in [-0.1, -0.05) is 6.92 Å². The average molecular weight is 208 g/mol. The second-order valence-electron chi connectivity index (χ2n) is 4.54. The number of imidazole rings is 1. The number of hydrogen-bond donors (Lipinski definition) is 0. The van der Waals surface area contributed by atoms with E-state index in [2.05, 4.69) is 22.7 Å². The molecule has 2 rings (SSSR count). The van der Waals surface area contributed by atoms with E-state index in [0.29, 0.717) is 0 Å². The van der Waals surface area contributed by atoms with Crippen molar-refractivity contribution >= 4 is 0 Å². The zero-order valence-corrected chi connectivity index (χ0v) is 9.70. The van der Waals surface area contributed by atoms with Crippen LogP contribution in [0.25, 0.3) is 0 Å². The van der Waals surface area contributed by atoms with Crippen molar-refractivity contribution in [2.45, 2.75) is 39.2 Å². The summed E-state index contributed by atoms with van der Waals surface area (Å²) in [6.07, 6.45) is 6.77. The van der Waals surface area contributed by atoms with E-state index in [1.165, 1.54) is 17.9 Å². The maximum atomic E-state index is 5.05. The molecule has 0 amide bonds. The van der Waals surface area contributed by atoms with Crippen molar-refractivity contribution in [2.75, 3.05) is 13.7 Å². The molecule has 1 aromatic heterocycles. The predicted octanol–water partition coefficient (Wildman–Crippen LogP) is 2.04. The summed E-state index contributed by atoms with van der Waals surface area (Å²) in [7, 11) is 1.75. The first-order valence-electron chi connectivity index (χ1n) is 5.83. The van der Waals surface area contributed by atoms with Crippen molar-refractivity contribution in [2.24, 2.45) is 5.92 Å². The SMILES string of the molecule is COCCCc1cn2c(n1)CCC(C)C2. The van der Waals surface area contributed by atoms with Crippen molar-refractivity contribution in [1.29, 1.82) is 0 Å². The van der Waals surface area contributed by atoms with E-state index < -0.39 is 0 Å². The lowest BCUT2D eigenvalue weighted by Gasteiger charge is -2.19. The van der Waals surface area contributed by atoms with Crippen molar-refractivity contribution in [3.8, 4) is 0 Å². The average Bonchev–Trinajstić information content (AvgIpc) is 2.60. The molecule has 0 aromatic carbocycles. The van der Waals surface area contributed by atoms with Crippen LogP contribution in [0.2, 0.25) is 0 Å². The highest BCUT2D eigenvalue weighted by Gasteiger charge is 2.16.